The van der Waals surface area contributed by atoms with Crippen LogP contribution in [0.3, 0.4) is 0 Å². The van der Waals surface area contributed by atoms with Crippen molar-refractivity contribution in [3.63, 3.8) is 0 Å². The molecule has 6 heteroatoms. The van der Waals surface area contributed by atoms with Gasteiger partial charge in [-0.25, -0.2) is 9.37 Å². The SMILES string of the molecule is COC(C)CNc1nc(Cl)ncc1F. The number of methoxy groups -OCH3 is 1. The first kappa shape index (κ1) is 11.1. The summed E-state index contributed by atoms with van der Waals surface area (Å²) in [5.74, 6) is -0.438. The van der Waals surface area contributed by atoms with Crippen LogP contribution < -0.4 is 5.32 Å². The molecule has 1 rings (SSSR count). The highest BCUT2D eigenvalue weighted by atomic mass is 35.5. The van der Waals surface area contributed by atoms with Crippen LogP contribution in [-0.4, -0.2) is 29.7 Å². The number of anilines is 1. The zero-order valence-corrected chi connectivity index (χ0v) is 8.68. The van der Waals surface area contributed by atoms with Gasteiger partial charge >= 0.3 is 0 Å². The third kappa shape index (κ3) is 3.08. The van der Waals surface area contributed by atoms with Crippen molar-refractivity contribution in [2.45, 2.75) is 13.0 Å². The minimum atomic E-state index is -0.530. The van der Waals surface area contributed by atoms with Crippen LogP contribution in [0.2, 0.25) is 5.28 Å². The van der Waals surface area contributed by atoms with E-state index in [4.69, 9.17) is 16.3 Å². The van der Waals surface area contributed by atoms with E-state index in [1.165, 1.54) is 0 Å². The summed E-state index contributed by atoms with van der Waals surface area (Å²) in [7, 11) is 1.58. The summed E-state index contributed by atoms with van der Waals surface area (Å²) in [6, 6.07) is 0. The van der Waals surface area contributed by atoms with Crippen LogP contribution in [0.15, 0.2) is 6.20 Å². The molecule has 78 valence electrons. The Morgan fingerprint density at radius 1 is 1.71 bits per heavy atom. The number of rotatable bonds is 4. The number of hydrogen-bond donors (Lipinski definition) is 1. The Kier molecular flexibility index (Phi) is 4.03. The van der Waals surface area contributed by atoms with Gasteiger partial charge in [-0.15, -0.1) is 0 Å². The fraction of sp³-hybridized carbons (Fsp3) is 0.500. The fourth-order valence-corrected chi connectivity index (χ4v) is 0.927. The molecule has 0 fully saturated rings. The molecule has 0 saturated carbocycles. The Morgan fingerprint density at radius 2 is 2.43 bits per heavy atom. The van der Waals surface area contributed by atoms with Crippen LogP contribution >= 0.6 is 11.6 Å². The van der Waals surface area contributed by atoms with E-state index in [0.29, 0.717) is 6.54 Å². The van der Waals surface area contributed by atoms with Crippen molar-refractivity contribution in [3.8, 4) is 0 Å². The minimum Gasteiger partial charge on any atom is -0.380 e. The van der Waals surface area contributed by atoms with Crippen LogP contribution in [-0.2, 0) is 4.74 Å². The predicted molar refractivity (Wildman–Crippen MR) is 52.0 cm³/mol. The van der Waals surface area contributed by atoms with Crippen molar-refractivity contribution in [3.05, 3.63) is 17.3 Å². The number of halogens is 2. The molecule has 0 aromatic carbocycles. The van der Waals surface area contributed by atoms with Crippen molar-refractivity contribution in [1.29, 1.82) is 0 Å². The summed E-state index contributed by atoms with van der Waals surface area (Å²) < 4.78 is 18.0. The van der Waals surface area contributed by atoms with Gasteiger partial charge in [-0.3, -0.25) is 0 Å². The molecule has 0 radical (unpaired) electrons. The number of hydrogen-bond acceptors (Lipinski definition) is 4. The molecule has 0 aliphatic heterocycles. The third-order valence-corrected chi connectivity index (χ3v) is 1.86. The molecule has 1 heterocycles. The number of ether oxygens (including phenoxy) is 1. The molecule has 0 aliphatic rings. The normalized spacial score (nSPS) is 12.6. The van der Waals surface area contributed by atoms with E-state index >= 15 is 0 Å². The van der Waals surface area contributed by atoms with Gasteiger partial charge in [-0.2, -0.15) is 4.98 Å². The molecule has 0 bridgehead atoms. The van der Waals surface area contributed by atoms with Gasteiger partial charge in [0, 0.05) is 13.7 Å². The Hall–Kier alpha value is -0.940. The van der Waals surface area contributed by atoms with E-state index in [2.05, 4.69) is 15.3 Å². The summed E-state index contributed by atoms with van der Waals surface area (Å²) in [5, 5.41) is 2.78. The smallest absolute Gasteiger partial charge is 0.224 e. The van der Waals surface area contributed by atoms with Crippen LogP contribution in [0.1, 0.15) is 6.92 Å². The molecule has 1 aromatic heterocycles. The van der Waals surface area contributed by atoms with E-state index in [1.807, 2.05) is 6.92 Å². The van der Waals surface area contributed by atoms with Gasteiger partial charge in [-0.1, -0.05) is 0 Å². The van der Waals surface area contributed by atoms with E-state index < -0.39 is 5.82 Å². The van der Waals surface area contributed by atoms with E-state index in [9.17, 15) is 4.39 Å². The first-order valence-electron chi connectivity index (χ1n) is 4.08. The number of nitrogens with one attached hydrogen (secondary N) is 1. The maximum atomic E-state index is 13.0. The molecule has 0 amide bonds. The summed E-state index contributed by atoms with van der Waals surface area (Å²) in [5.41, 5.74) is 0. The lowest BCUT2D eigenvalue weighted by atomic mass is 10.4. The van der Waals surface area contributed by atoms with Gasteiger partial charge in [0.05, 0.1) is 12.3 Å². The van der Waals surface area contributed by atoms with E-state index in [-0.39, 0.29) is 17.2 Å². The van der Waals surface area contributed by atoms with E-state index in [1.54, 1.807) is 7.11 Å². The second kappa shape index (κ2) is 5.07. The molecule has 1 atom stereocenters. The fourth-order valence-electron chi connectivity index (χ4n) is 0.793. The summed E-state index contributed by atoms with van der Waals surface area (Å²) >= 11 is 5.51. The monoisotopic (exact) mass is 219 g/mol. The second-order valence-electron chi connectivity index (χ2n) is 2.76. The van der Waals surface area contributed by atoms with Crippen molar-refractivity contribution >= 4 is 17.4 Å². The largest absolute Gasteiger partial charge is 0.380 e. The van der Waals surface area contributed by atoms with Crippen molar-refractivity contribution in [2.75, 3.05) is 19.0 Å². The molecule has 4 nitrogen and oxygen atoms in total. The Bertz CT molecular complexity index is 311. The standard InChI is InChI=1S/C8H11ClFN3O/c1-5(14-2)3-11-7-6(10)4-12-8(9)13-7/h4-5H,3H2,1-2H3,(H,11,12,13). The first-order valence-corrected chi connectivity index (χ1v) is 4.46. The summed E-state index contributed by atoms with van der Waals surface area (Å²) in [6.07, 6.45) is 0.998. The van der Waals surface area contributed by atoms with Gasteiger partial charge in [0.1, 0.15) is 0 Å². The predicted octanol–water partition coefficient (Wildman–Crippen LogP) is 1.72. The Labute approximate surface area is 86.5 Å². The maximum Gasteiger partial charge on any atom is 0.224 e. The molecule has 1 aromatic rings. The van der Waals surface area contributed by atoms with Crippen LogP contribution in [0, 0.1) is 5.82 Å². The molecule has 0 saturated heterocycles. The quantitative estimate of drug-likeness (QED) is 0.784. The third-order valence-electron chi connectivity index (χ3n) is 1.67. The topological polar surface area (TPSA) is 47.0 Å². The Morgan fingerprint density at radius 3 is 3.07 bits per heavy atom. The lowest BCUT2D eigenvalue weighted by molar-refractivity contribution is 0.128. The van der Waals surface area contributed by atoms with Crippen molar-refractivity contribution < 1.29 is 9.13 Å². The zero-order valence-electron chi connectivity index (χ0n) is 7.92. The molecule has 1 unspecified atom stereocenters. The molecule has 0 aliphatic carbocycles. The molecular weight excluding hydrogens is 209 g/mol. The first-order chi connectivity index (χ1) is 6.63. The highest BCUT2D eigenvalue weighted by Crippen LogP contribution is 2.11. The summed E-state index contributed by atoms with van der Waals surface area (Å²) in [6.45, 7) is 2.31. The lowest BCUT2D eigenvalue weighted by Gasteiger charge is -2.11. The molecule has 0 spiro atoms. The van der Waals surface area contributed by atoms with Crippen molar-refractivity contribution in [2.24, 2.45) is 0 Å². The average Bonchev–Trinajstić information content (AvgIpc) is 2.19. The highest BCUT2D eigenvalue weighted by molar-refractivity contribution is 6.28. The second-order valence-corrected chi connectivity index (χ2v) is 3.10. The van der Waals surface area contributed by atoms with Crippen LogP contribution in [0.25, 0.3) is 0 Å². The van der Waals surface area contributed by atoms with Crippen molar-refractivity contribution in [1.82, 2.24) is 9.97 Å². The Balaban J connectivity index is 2.62. The minimum absolute atomic E-state index is 0.0129. The number of nitrogens with zero attached hydrogens (tertiary/aromatic N) is 2. The van der Waals surface area contributed by atoms with Gasteiger partial charge in [0.2, 0.25) is 5.28 Å². The highest BCUT2D eigenvalue weighted by Gasteiger charge is 2.06. The van der Waals surface area contributed by atoms with Gasteiger partial charge in [0.25, 0.3) is 0 Å². The van der Waals surface area contributed by atoms with E-state index in [0.717, 1.165) is 6.20 Å². The van der Waals surface area contributed by atoms with Gasteiger partial charge in [0.15, 0.2) is 11.6 Å². The number of aromatic nitrogens is 2. The zero-order chi connectivity index (χ0) is 10.6. The van der Waals surface area contributed by atoms with Gasteiger partial charge in [-0.05, 0) is 18.5 Å². The van der Waals surface area contributed by atoms with Crippen LogP contribution in [0.4, 0.5) is 10.2 Å². The summed E-state index contributed by atoms with van der Waals surface area (Å²) in [4.78, 5) is 7.19. The maximum absolute atomic E-state index is 13.0. The molecule has 1 N–H and O–H groups in total. The van der Waals surface area contributed by atoms with Crippen LogP contribution in [0.5, 0.6) is 0 Å². The molecular formula is C8H11ClFN3O. The lowest BCUT2D eigenvalue weighted by Crippen LogP contribution is -2.19. The average molecular weight is 220 g/mol. The molecule has 14 heavy (non-hydrogen) atoms. The van der Waals surface area contributed by atoms with Gasteiger partial charge < -0.3 is 10.1 Å².